The van der Waals surface area contributed by atoms with Crippen LogP contribution in [-0.4, -0.2) is 49.7 Å². The van der Waals surface area contributed by atoms with Crippen LogP contribution in [-0.2, 0) is 14.4 Å². The summed E-state index contributed by atoms with van der Waals surface area (Å²) in [6.07, 6.45) is 0. The third-order valence-corrected chi connectivity index (χ3v) is 3.26. The van der Waals surface area contributed by atoms with Crippen LogP contribution in [0.25, 0.3) is 0 Å². The molecule has 0 aliphatic carbocycles. The van der Waals surface area contributed by atoms with Gasteiger partial charge in [-0.2, -0.15) is 5.06 Å². The highest BCUT2D eigenvalue weighted by Gasteiger charge is 2.34. The van der Waals surface area contributed by atoms with Crippen LogP contribution in [0.5, 0.6) is 0 Å². The average Bonchev–Trinajstić information content (AvgIpc) is 2.48. The van der Waals surface area contributed by atoms with Crippen LogP contribution >= 0.6 is 0 Å². The summed E-state index contributed by atoms with van der Waals surface area (Å²) in [5.41, 5.74) is 0.576. The van der Waals surface area contributed by atoms with Crippen LogP contribution < -0.4 is 10.2 Å². The molecule has 0 spiro atoms. The second kappa shape index (κ2) is 6.60. The maximum atomic E-state index is 12.7. The van der Waals surface area contributed by atoms with E-state index in [1.54, 1.807) is 29.3 Å². The normalized spacial score (nSPS) is 19.6. The summed E-state index contributed by atoms with van der Waals surface area (Å²) in [6, 6.07) is 8.42. The minimum atomic E-state index is -0.502. The van der Waals surface area contributed by atoms with Crippen molar-refractivity contribution in [3.63, 3.8) is 0 Å². The Labute approximate surface area is 118 Å². The van der Waals surface area contributed by atoms with E-state index in [-0.39, 0.29) is 11.8 Å². The van der Waals surface area contributed by atoms with Crippen molar-refractivity contribution in [2.75, 3.05) is 31.6 Å². The van der Waals surface area contributed by atoms with Gasteiger partial charge in [0.2, 0.25) is 5.91 Å². The summed E-state index contributed by atoms with van der Waals surface area (Å²) >= 11 is 0. The number of carbonyl (C=O) groups is 2. The highest BCUT2D eigenvalue weighted by Crippen LogP contribution is 2.17. The number of anilines is 1. The number of benzene rings is 1. The van der Waals surface area contributed by atoms with E-state index in [9.17, 15) is 9.59 Å². The molecule has 1 unspecified atom stereocenters. The Morgan fingerprint density at radius 3 is 2.65 bits per heavy atom. The van der Waals surface area contributed by atoms with E-state index < -0.39 is 6.04 Å². The average molecular weight is 277 g/mol. The Balaban J connectivity index is 2.25. The van der Waals surface area contributed by atoms with E-state index in [2.05, 4.69) is 5.32 Å². The monoisotopic (exact) mass is 277 g/mol. The van der Waals surface area contributed by atoms with Gasteiger partial charge in [0, 0.05) is 26.6 Å². The molecule has 6 heteroatoms. The number of hydrogen-bond acceptors (Lipinski definition) is 5. The lowest BCUT2D eigenvalue weighted by atomic mass is 10.1. The molecule has 1 atom stereocenters. The van der Waals surface area contributed by atoms with Gasteiger partial charge in [-0.15, -0.1) is 0 Å². The third-order valence-electron chi connectivity index (χ3n) is 3.26. The standard InChI is InChI=1S/C14H19N3O3/c1-11(18)17(12-6-4-3-5-7-12)14(19)13-10-15-8-9-16(13)20-2/h3-7,13,15H,8-10H2,1-2H3. The summed E-state index contributed by atoms with van der Waals surface area (Å²) in [4.78, 5) is 30.9. The molecular weight excluding hydrogens is 258 g/mol. The predicted octanol–water partition coefficient (Wildman–Crippen LogP) is 0.401. The molecule has 0 bridgehead atoms. The summed E-state index contributed by atoms with van der Waals surface area (Å²) in [5.74, 6) is -0.583. The molecule has 1 aromatic rings. The van der Waals surface area contributed by atoms with E-state index in [4.69, 9.17) is 4.84 Å². The maximum Gasteiger partial charge on any atom is 0.254 e. The molecule has 2 rings (SSSR count). The topological polar surface area (TPSA) is 61.9 Å². The van der Waals surface area contributed by atoms with Gasteiger partial charge in [-0.25, -0.2) is 4.90 Å². The number of imide groups is 1. The third kappa shape index (κ3) is 3.04. The minimum absolute atomic E-state index is 0.280. The molecule has 6 nitrogen and oxygen atoms in total. The first-order chi connectivity index (χ1) is 9.65. The zero-order valence-corrected chi connectivity index (χ0v) is 11.7. The molecular formula is C14H19N3O3. The van der Waals surface area contributed by atoms with Crippen molar-refractivity contribution in [1.29, 1.82) is 0 Å². The van der Waals surface area contributed by atoms with Crippen molar-refractivity contribution >= 4 is 17.5 Å². The summed E-state index contributed by atoms with van der Waals surface area (Å²) in [5, 5.41) is 4.75. The van der Waals surface area contributed by atoms with Crippen LogP contribution in [0.3, 0.4) is 0 Å². The van der Waals surface area contributed by atoms with Crippen LogP contribution in [0.4, 0.5) is 5.69 Å². The van der Waals surface area contributed by atoms with Gasteiger partial charge < -0.3 is 10.2 Å². The zero-order chi connectivity index (χ0) is 14.5. The van der Waals surface area contributed by atoms with Gasteiger partial charge in [-0.3, -0.25) is 9.59 Å². The molecule has 108 valence electrons. The van der Waals surface area contributed by atoms with Crippen molar-refractivity contribution in [2.45, 2.75) is 13.0 Å². The molecule has 0 aromatic heterocycles. The minimum Gasteiger partial charge on any atom is -0.313 e. The van der Waals surface area contributed by atoms with Gasteiger partial charge in [-0.05, 0) is 12.1 Å². The fourth-order valence-electron chi connectivity index (χ4n) is 2.31. The molecule has 1 fully saturated rings. The van der Waals surface area contributed by atoms with Crippen LogP contribution in [0.1, 0.15) is 6.92 Å². The molecule has 0 radical (unpaired) electrons. The number of hydrogen-bond donors (Lipinski definition) is 1. The van der Waals surface area contributed by atoms with Crippen molar-refractivity contribution in [2.24, 2.45) is 0 Å². The lowest BCUT2D eigenvalue weighted by Gasteiger charge is -2.35. The molecule has 1 aromatic carbocycles. The van der Waals surface area contributed by atoms with Gasteiger partial charge in [0.05, 0.1) is 12.8 Å². The first-order valence-corrected chi connectivity index (χ1v) is 6.56. The Hall–Kier alpha value is -1.76. The van der Waals surface area contributed by atoms with Gasteiger partial charge in [0.15, 0.2) is 0 Å². The number of carbonyl (C=O) groups excluding carboxylic acids is 2. The first kappa shape index (κ1) is 14.6. The molecule has 0 saturated carbocycles. The second-order valence-corrected chi connectivity index (χ2v) is 4.57. The number of rotatable bonds is 3. The van der Waals surface area contributed by atoms with Crippen LogP contribution in [0.2, 0.25) is 0 Å². The molecule has 1 saturated heterocycles. The number of nitrogens with zero attached hydrogens (tertiary/aromatic N) is 2. The first-order valence-electron chi connectivity index (χ1n) is 6.56. The van der Waals surface area contributed by atoms with E-state index in [0.29, 0.717) is 18.8 Å². The van der Waals surface area contributed by atoms with E-state index in [1.807, 2.05) is 6.07 Å². The Kier molecular flexibility index (Phi) is 4.84. The van der Waals surface area contributed by atoms with Gasteiger partial charge in [0.1, 0.15) is 6.04 Å². The Morgan fingerprint density at radius 1 is 1.35 bits per heavy atom. The molecule has 20 heavy (non-hydrogen) atoms. The fourth-order valence-corrected chi connectivity index (χ4v) is 2.31. The summed E-state index contributed by atoms with van der Waals surface area (Å²) in [7, 11) is 1.53. The number of amides is 2. The number of piperazine rings is 1. The van der Waals surface area contributed by atoms with Gasteiger partial charge in [-0.1, -0.05) is 18.2 Å². The van der Waals surface area contributed by atoms with Crippen LogP contribution in [0.15, 0.2) is 30.3 Å². The van der Waals surface area contributed by atoms with Crippen molar-refractivity contribution in [3.05, 3.63) is 30.3 Å². The van der Waals surface area contributed by atoms with Gasteiger partial charge in [0.25, 0.3) is 5.91 Å². The summed E-state index contributed by atoms with van der Waals surface area (Å²) < 4.78 is 0. The Bertz CT molecular complexity index is 478. The maximum absolute atomic E-state index is 12.7. The number of hydroxylamine groups is 2. The lowest BCUT2D eigenvalue weighted by Crippen LogP contribution is -2.58. The molecule has 2 amide bonds. The molecule has 1 aliphatic heterocycles. The predicted molar refractivity (Wildman–Crippen MR) is 75.0 cm³/mol. The largest absolute Gasteiger partial charge is 0.313 e. The quantitative estimate of drug-likeness (QED) is 0.866. The highest BCUT2D eigenvalue weighted by atomic mass is 16.7. The molecule has 1 aliphatic rings. The van der Waals surface area contributed by atoms with Crippen molar-refractivity contribution < 1.29 is 14.4 Å². The van der Waals surface area contributed by atoms with E-state index >= 15 is 0 Å². The zero-order valence-electron chi connectivity index (χ0n) is 11.7. The molecule has 1 heterocycles. The second-order valence-electron chi connectivity index (χ2n) is 4.57. The smallest absolute Gasteiger partial charge is 0.254 e. The lowest BCUT2D eigenvalue weighted by molar-refractivity contribution is -0.177. The van der Waals surface area contributed by atoms with Crippen LogP contribution in [0, 0.1) is 0 Å². The summed E-state index contributed by atoms with van der Waals surface area (Å²) in [6.45, 7) is 3.21. The van der Waals surface area contributed by atoms with E-state index in [1.165, 1.54) is 18.9 Å². The van der Waals surface area contributed by atoms with Crippen molar-refractivity contribution in [1.82, 2.24) is 10.4 Å². The number of para-hydroxylation sites is 1. The Morgan fingerprint density at radius 2 is 2.05 bits per heavy atom. The van der Waals surface area contributed by atoms with Crippen molar-refractivity contribution in [3.8, 4) is 0 Å². The number of nitrogens with one attached hydrogen (secondary N) is 1. The van der Waals surface area contributed by atoms with Gasteiger partial charge >= 0.3 is 0 Å². The van der Waals surface area contributed by atoms with E-state index in [0.717, 1.165) is 6.54 Å². The highest BCUT2D eigenvalue weighted by molar-refractivity contribution is 6.15. The SMILES string of the molecule is CON1CCNCC1C(=O)N(C(C)=O)c1ccccc1. The molecule has 1 N–H and O–H groups in total. The fraction of sp³-hybridized carbons (Fsp3) is 0.429.